The fourth-order valence-electron chi connectivity index (χ4n) is 3.53. The third-order valence-corrected chi connectivity index (χ3v) is 7.57. The second-order valence-electron chi connectivity index (χ2n) is 6.43. The highest BCUT2D eigenvalue weighted by Gasteiger charge is 2.36. The van der Waals surface area contributed by atoms with Crippen LogP contribution in [-0.2, 0) is 11.2 Å². The third kappa shape index (κ3) is 3.49. The van der Waals surface area contributed by atoms with Gasteiger partial charge in [0.2, 0.25) is 0 Å². The van der Waals surface area contributed by atoms with Crippen molar-refractivity contribution in [3.05, 3.63) is 87.8 Å². The number of ether oxygens (including phenoxy) is 1. The number of carbonyl (C=O) groups is 1. The molecule has 0 saturated carbocycles. The van der Waals surface area contributed by atoms with E-state index in [1.165, 1.54) is 27.3 Å². The molecule has 0 saturated heterocycles. The number of benzene rings is 2. The fraction of sp³-hybridized carbons (Fsp3) is 0.227. The highest BCUT2D eigenvalue weighted by Crippen LogP contribution is 2.55. The van der Waals surface area contributed by atoms with Crippen LogP contribution in [0, 0.1) is 0 Å². The predicted molar refractivity (Wildman–Crippen MR) is 113 cm³/mol. The Kier molecular flexibility index (Phi) is 5.23. The SMILES string of the molecule is CCOC(=O)c1c(N)sc2c1CC(c1ccccc1)SC2c1ccccc1. The van der Waals surface area contributed by atoms with E-state index in [1.54, 1.807) is 0 Å². The van der Waals surface area contributed by atoms with Crippen LogP contribution in [-0.4, -0.2) is 12.6 Å². The second kappa shape index (κ2) is 7.79. The van der Waals surface area contributed by atoms with Crippen molar-refractivity contribution in [1.82, 2.24) is 0 Å². The first-order chi connectivity index (χ1) is 13.2. The van der Waals surface area contributed by atoms with E-state index in [2.05, 4.69) is 48.5 Å². The van der Waals surface area contributed by atoms with E-state index in [0.717, 1.165) is 12.0 Å². The number of thioether (sulfide) groups is 1. The number of rotatable bonds is 4. The summed E-state index contributed by atoms with van der Waals surface area (Å²) in [7, 11) is 0. The first-order valence-electron chi connectivity index (χ1n) is 9.02. The van der Waals surface area contributed by atoms with Crippen LogP contribution in [0.5, 0.6) is 0 Å². The van der Waals surface area contributed by atoms with Crippen LogP contribution in [0.1, 0.15) is 49.3 Å². The molecular weight excluding hydrogens is 374 g/mol. The third-order valence-electron chi connectivity index (χ3n) is 4.75. The lowest BCUT2D eigenvalue weighted by Gasteiger charge is -2.30. The standard InChI is InChI=1S/C22H21NO2S2/c1-2-25-22(24)18-16-13-17(14-9-5-3-6-10-14)26-19(20(16)27-21(18)23)15-11-7-4-8-12-15/h3-12,17,19H,2,13,23H2,1H3. The molecule has 27 heavy (non-hydrogen) atoms. The van der Waals surface area contributed by atoms with Gasteiger partial charge in [-0.05, 0) is 30.0 Å². The first-order valence-corrected chi connectivity index (χ1v) is 10.8. The maximum absolute atomic E-state index is 12.6. The van der Waals surface area contributed by atoms with Gasteiger partial charge in [-0.3, -0.25) is 0 Å². The Balaban J connectivity index is 1.83. The van der Waals surface area contributed by atoms with Gasteiger partial charge >= 0.3 is 5.97 Å². The van der Waals surface area contributed by atoms with Gasteiger partial charge in [0.15, 0.2) is 0 Å². The number of carbonyl (C=O) groups excluding carboxylic acids is 1. The molecule has 0 fully saturated rings. The average molecular weight is 396 g/mol. The summed E-state index contributed by atoms with van der Waals surface area (Å²) in [6.45, 7) is 2.17. The molecule has 0 radical (unpaired) electrons. The van der Waals surface area contributed by atoms with E-state index < -0.39 is 0 Å². The van der Waals surface area contributed by atoms with Gasteiger partial charge in [-0.1, -0.05) is 60.7 Å². The van der Waals surface area contributed by atoms with Gasteiger partial charge in [0.05, 0.1) is 17.4 Å². The molecule has 3 nitrogen and oxygen atoms in total. The molecule has 138 valence electrons. The molecule has 0 bridgehead atoms. The van der Waals surface area contributed by atoms with Crippen molar-refractivity contribution >= 4 is 34.1 Å². The Morgan fingerprint density at radius 1 is 1.07 bits per heavy atom. The van der Waals surface area contributed by atoms with Crippen molar-refractivity contribution in [3.8, 4) is 0 Å². The van der Waals surface area contributed by atoms with E-state index in [1.807, 2.05) is 30.8 Å². The van der Waals surface area contributed by atoms with Crippen LogP contribution in [0.2, 0.25) is 0 Å². The predicted octanol–water partition coefficient (Wildman–Crippen LogP) is 5.63. The van der Waals surface area contributed by atoms with Crippen molar-refractivity contribution < 1.29 is 9.53 Å². The molecule has 2 N–H and O–H groups in total. The number of hydrogen-bond acceptors (Lipinski definition) is 5. The molecule has 2 aromatic carbocycles. The average Bonchev–Trinajstić information content (AvgIpc) is 3.04. The van der Waals surface area contributed by atoms with E-state index in [9.17, 15) is 4.79 Å². The minimum Gasteiger partial charge on any atom is -0.462 e. The Labute approximate surface area is 167 Å². The molecule has 1 aromatic heterocycles. The Bertz CT molecular complexity index is 938. The maximum Gasteiger partial charge on any atom is 0.341 e. The van der Waals surface area contributed by atoms with Crippen molar-refractivity contribution in [2.75, 3.05) is 12.3 Å². The van der Waals surface area contributed by atoms with E-state index in [-0.39, 0.29) is 16.5 Å². The highest BCUT2D eigenvalue weighted by atomic mass is 32.2. The minimum absolute atomic E-state index is 0.163. The molecule has 1 aliphatic rings. The number of hydrogen-bond donors (Lipinski definition) is 1. The lowest BCUT2D eigenvalue weighted by atomic mass is 9.97. The monoisotopic (exact) mass is 395 g/mol. The molecule has 2 atom stereocenters. The minimum atomic E-state index is -0.307. The fourth-order valence-corrected chi connectivity index (χ4v) is 6.42. The first kappa shape index (κ1) is 18.1. The lowest BCUT2D eigenvalue weighted by Crippen LogP contribution is -2.15. The maximum atomic E-state index is 12.6. The van der Waals surface area contributed by atoms with Crippen LogP contribution in [0.25, 0.3) is 0 Å². The number of anilines is 1. The molecule has 3 aromatic rings. The van der Waals surface area contributed by atoms with Crippen LogP contribution in [0.4, 0.5) is 5.00 Å². The molecular formula is C22H21NO2S2. The van der Waals surface area contributed by atoms with E-state index in [4.69, 9.17) is 10.5 Å². The van der Waals surface area contributed by atoms with E-state index >= 15 is 0 Å². The number of esters is 1. The van der Waals surface area contributed by atoms with Crippen LogP contribution in [0.3, 0.4) is 0 Å². The zero-order valence-corrected chi connectivity index (χ0v) is 16.7. The second-order valence-corrected chi connectivity index (χ2v) is 8.83. The molecule has 0 aliphatic carbocycles. The van der Waals surface area contributed by atoms with Gasteiger partial charge in [0, 0.05) is 10.1 Å². The summed E-state index contributed by atoms with van der Waals surface area (Å²) in [5, 5.41) is 0.996. The zero-order valence-electron chi connectivity index (χ0n) is 15.1. The van der Waals surface area contributed by atoms with Crippen molar-refractivity contribution in [2.45, 2.75) is 23.8 Å². The smallest absolute Gasteiger partial charge is 0.341 e. The lowest BCUT2D eigenvalue weighted by molar-refractivity contribution is 0.0527. The van der Waals surface area contributed by atoms with Crippen molar-refractivity contribution in [1.29, 1.82) is 0 Å². The van der Waals surface area contributed by atoms with Crippen LogP contribution < -0.4 is 5.73 Å². The summed E-state index contributed by atoms with van der Waals surface area (Å²) in [4.78, 5) is 13.8. The summed E-state index contributed by atoms with van der Waals surface area (Å²) in [6, 6.07) is 20.9. The van der Waals surface area contributed by atoms with Crippen LogP contribution >= 0.6 is 23.1 Å². The van der Waals surface area contributed by atoms with Gasteiger partial charge in [0.25, 0.3) is 0 Å². The Morgan fingerprint density at radius 2 is 1.70 bits per heavy atom. The normalized spacial score (nSPS) is 18.7. The van der Waals surface area contributed by atoms with Gasteiger partial charge < -0.3 is 10.5 Å². The molecule has 4 rings (SSSR count). The highest BCUT2D eigenvalue weighted by molar-refractivity contribution is 8.00. The number of nitrogens with two attached hydrogens (primary N) is 1. The molecule has 0 amide bonds. The number of fused-ring (bicyclic) bond motifs is 1. The largest absolute Gasteiger partial charge is 0.462 e. The van der Waals surface area contributed by atoms with Gasteiger partial charge in [-0.2, -0.15) is 0 Å². The number of nitrogen functional groups attached to an aromatic ring is 1. The zero-order chi connectivity index (χ0) is 18.8. The van der Waals surface area contributed by atoms with Crippen LogP contribution in [0.15, 0.2) is 60.7 Å². The molecule has 2 unspecified atom stereocenters. The molecule has 2 heterocycles. The number of thiophene rings is 1. The Morgan fingerprint density at radius 3 is 2.33 bits per heavy atom. The summed E-state index contributed by atoms with van der Waals surface area (Å²) in [5.74, 6) is -0.307. The molecule has 0 spiro atoms. The topological polar surface area (TPSA) is 52.3 Å². The summed E-state index contributed by atoms with van der Waals surface area (Å²) >= 11 is 3.46. The molecule has 1 aliphatic heterocycles. The van der Waals surface area contributed by atoms with Gasteiger partial charge in [-0.25, -0.2) is 4.79 Å². The van der Waals surface area contributed by atoms with Gasteiger partial charge in [-0.15, -0.1) is 23.1 Å². The summed E-state index contributed by atoms with van der Waals surface area (Å²) < 4.78 is 5.30. The summed E-state index contributed by atoms with van der Waals surface area (Å²) in [5.41, 5.74) is 10.4. The summed E-state index contributed by atoms with van der Waals surface area (Å²) in [6.07, 6.45) is 0.787. The molecule has 5 heteroatoms. The van der Waals surface area contributed by atoms with Crippen molar-refractivity contribution in [3.63, 3.8) is 0 Å². The van der Waals surface area contributed by atoms with E-state index in [0.29, 0.717) is 17.2 Å². The van der Waals surface area contributed by atoms with Gasteiger partial charge in [0.1, 0.15) is 5.00 Å². The van der Waals surface area contributed by atoms with Crippen molar-refractivity contribution in [2.24, 2.45) is 0 Å². The Hall–Kier alpha value is -2.24. The quantitative estimate of drug-likeness (QED) is 0.582.